The summed E-state index contributed by atoms with van der Waals surface area (Å²) in [6.45, 7) is 5.17. The number of nitrogens with one attached hydrogen (secondary N) is 1. The van der Waals surface area contributed by atoms with E-state index in [1.54, 1.807) is 0 Å². The van der Waals surface area contributed by atoms with E-state index in [2.05, 4.69) is 36.3 Å². The van der Waals surface area contributed by atoms with Gasteiger partial charge in [0.15, 0.2) is 5.78 Å². The van der Waals surface area contributed by atoms with Crippen molar-refractivity contribution in [3.63, 3.8) is 0 Å². The molecule has 1 aliphatic heterocycles. The fourth-order valence-corrected chi connectivity index (χ4v) is 2.62. The second-order valence-corrected chi connectivity index (χ2v) is 5.49. The molecule has 0 amide bonds. The molecule has 1 N–H and O–H groups in total. The second kappa shape index (κ2) is 6.83. The van der Waals surface area contributed by atoms with Gasteiger partial charge >= 0.3 is 0 Å². The van der Waals surface area contributed by atoms with Crippen molar-refractivity contribution in [3.05, 3.63) is 35.4 Å². The van der Waals surface area contributed by atoms with Crippen molar-refractivity contribution in [2.45, 2.75) is 32.2 Å². The fraction of sp³-hybridized carbons (Fsp3) is 0.562. The van der Waals surface area contributed by atoms with E-state index in [0.717, 1.165) is 38.0 Å². The molecule has 19 heavy (non-hydrogen) atoms. The standard InChI is InChI=1S/C16H24N2O/c1-3-4-13-5-7-14(8-6-13)16(19)11-15-12-18(2)10-9-17-15/h5-8,15,17H,3-4,9-12H2,1-2H3. The summed E-state index contributed by atoms with van der Waals surface area (Å²) in [7, 11) is 2.11. The zero-order chi connectivity index (χ0) is 13.7. The van der Waals surface area contributed by atoms with Crippen LogP contribution >= 0.6 is 0 Å². The highest BCUT2D eigenvalue weighted by Crippen LogP contribution is 2.11. The zero-order valence-corrected chi connectivity index (χ0v) is 12.0. The average molecular weight is 260 g/mol. The van der Waals surface area contributed by atoms with Crippen molar-refractivity contribution in [1.29, 1.82) is 0 Å². The predicted octanol–water partition coefficient (Wildman–Crippen LogP) is 2.12. The molecule has 104 valence electrons. The molecule has 0 bridgehead atoms. The fourth-order valence-electron chi connectivity index (χ4n) is 2.62. The summed E-state index contributed by atoms with van der Waals surface area (Å²) in [6, 6.07) is 8.40. The van der Waals surface area contributed by atoms with E-state index in [-0.39, 0.29) is 5.78 Å². The van der Waals surface area contributed by atoms with Gasteiger partial charge in [-0.3, -0.25) is 4.79 Å². The number of Topliss-reactive ketones (excluding diaryl/α,β-unsaturated/α-hetero) is 1. The van der Waals surface area contributed by atoms with Crippen LogP contribution in [0, 0.1) is 0 Å². The van der Waals surface area contributed by atoms with Crippen molar-refractivity contribution in [2.75, 3.05) is 26.7 Å². The summed E-state index contributed by atoms with van der Waals surface area (Å²) in [5.41, 5.74) is 2.16. The van der Waals surface area contributed by atoms with Crippen LogP contribution in [0.4, 0.5) is 0 Å². The molecule has 0 saturated carbocycles. The summed E-state index contributed by atoms with van der Waals surface area (Å²) >= 11 is 0. The summed E-state index contributed by atoms with van der Waals surface area (Å²) in [5.74, 6) is 0.246. The SMILES string of the molecule is CCCc1ccc(C(=O)CC2CN(C)CCN2)cc1. The number of benzene rings is 1. The summed E-state index contributed by atoms with van der Waals surface area (Å²) in [4.78, 5) is 14.5. The number of hydrogen-bond donors (Lipinski definition) is 1. The third-order valence-electron chi connectivity index (χ3n) is 3.70. The van der Waals surface area contributed by atoms with Crippen molar-refractivity contribution in [1.82, 2.24) is 10.2 Å². The first-order valence-electron chi connectivity index (χ1n) is 7.23. The maximum absolute atomic E-state index is 12.2. The average Bonchev–Trinajstić information content (AvgIpc) is 2.40. The number of carbonyl (C=O) groups excluding carboxylic acids is 1. The Morgan fingerprint density at radius 2 is 2.11 bits per heavy atom. The van der Waals surface area contributed by atoms with Crippen LogP contribution in [0.2, 0.25) is 0 Å². The Morgan fingerprint density at radius 1 is 1.37 bits per heavy atom. The van der Waals surface area contributed by atoms with Crippen LogP contribution < -0.4 is 5.32 Å². The van der Waals surface area contributed by atoms with E-state index in [9.17, 15) is 4.79 Å². The van der Waals surface area contributed by atoms with Gasteiger partial charge in [0, 0.05) is 37.7 Å². The van der Waals surface area contributed by atoms with E-state index in [1.807, 2.05) is 12.1 Å². The number of likely N-dealkylation sites (N-methyl/N-ethyl adjacent to an activating group) is 1. The van der Waals surface area contributed by atoms with Crippen LogP contribution in [0.3, 0.4) is 0 Å². The molecule has 1 unspecified atom stereocenters. The topological polar surface area (TPSA) is 32.3 Å². The highest BCUT2D eigenvalue weighted by atomic mass is 16.1. The summed E-state index contributed by atoms with van der Waals surface area (Å²) in [6.07, 6.45) is 2.83. The van der Waals surface area contributed by atoms with Crippen LogP contribution in [0.25, 0.3) is 0 Å². The van der Waals surface area contributed by atoms with E-state index >= 15 is 0 Å². The van der Waals surface area contributed by atoms with Crippen molar-refractivity contribution in [2.24, 2.45) is 0 Å². The molecule has 0 spiro atoms. The molecule has 0 aliphatic carbocycles. The maximum atomic E-state index is 12.2. The van der Waals surface area contributed by atoms with Crippen LogP contribution in [0.5, 0.6) is 0 Å². The molecule has 1 heterocycles. The first-order chi connectivity index (χ1) is 9.19. The first-order valence-corrected chi connectivity index (χ1v) is 7.23. The molecule has 1 aromatic carbocycles. The molecule has 3 heteroatoms. The monoisotopic (exact) mass is 260 g/mol. The molecule has 3 nitrogen and oxygen atoms in total. The lowest BCUT2D eigenvalue weighted by molar-refractivity contribution is 0.0952. The minimum atomic E-state index is 0.246. The van der Waals surface area contributed by atoms with E-state index in [4.69, 9.17) is 0 Å². The summed E-state index contributed by atoms with van der Waals surface area (Å²) < 4.78 is 0. The van der Waals surface area contributed by atoms with Crippen molar-refractivity contribution >= 4 is 5.78 Å². The smallest absolute Gasteiger partial charge is 0.164 e. The molecule has 1 saturated heterocycles. The molecule has 1 atom stereocenters. The molecule has 1 aromatic rings. The molecular weight excluding hydrogens is 236 g/mol. The normalized spacial score (nSPS) is 20.4. The van der Waals surface area contributed by atoms with Gasteiger partial charge in [0.1, 0.15) is 0 Å². The first kappa shape index (κ1) is 14.2. The quantitative estimate of drug-likeness (QED) is 0.823. The Bertz CT molecular complexity index is 413. The van der Waals surface area contributed by atoms with Gasteiger partial charge in [0.05, 0.1) is 0 Å². The Balaban J connectivity index is 1.91. The van der Waals surface area contributed by atoms with Gasteiger partial charge in [-0.15, -0.1) is 0 Å². The van der Waals surface area contributed by atoms with E-state index < -0.39 is 0 Å². The minimum absolute atomic E-state index is 0.246. The lowest BCUT2D eigenvalue weighted by Gasteiger charge is -2.30. The minimum Gasteiger partial charge on any atom is -0.311 e. The summed E-state index contributed by atoms with van der Waals surface area (Å²) in [5, 5.41) is 3.42. The Hall–Kier alpha value is -1.19. The Morgan fingerprint density at radius 3 is 2.74 bits per heavy atom. The third-order valence-corrected chi connectivity index (χ3v) is 3.70. The number of hydrogen-bond acceptors (Lipinski definition) is 3. The van der Waals surface area contributed by atoms with E-state index in [1.165, 1.54) is 5.56 Å². The Labute approximate surface area is 116 Å². The van der Waals surface area contributed by atoms with Crippen molar-refractivity contribution < 1.29 is 4.79 Å². The van der Waals surface area contributed by atoms with Crippen LogP contribution in [0.1, 0.15) is 35.7 Å². The van der Waals surface area contributed by atoms with Gasteiger partial charge < -0.3 is 10.2 Å². The van der Waals surface area contributed by atoms with Gasteiger partial charge in [0.2, 0.25) is 0 Å². The molecule has 0 aromatic heterocycles. The van der Waals surface area contributed by atoms with E-state index in [0.29, 0.717) is 12.5 Å². The number of aryl methyl sites for hydroxylation is 1. The lowest BCUT2D eigenvalue weighted by Crippen LogP contribution is -2.49. The number of nitrogens with zero attached hydrogens (tertiary/aromatic N) is 1. The highest BCUT2D eigenvalue weighted by Gasteiger charge is 2.19. The van der Waals surface area contributed by atoms with Gasteiger partial charge in [-0.05, 0) is 19.0 Å². The maximum Gasteiger partial charge on any atom is 0.164 e. The molecule has 0 radical (unpaired) electrons. The highest BCUT2D eigenvalue weighted by molar-refractivity contribution is 5.96. The molecule has 2 rings (SSSR count). The van der Waals surface area contributed by atoms with Gasteiger partial charge in [-0.25, -0.2) is 0 Å². The number of carbonyl (C=O) groups is 1. The predicted molar refractivity (Wildman–Crippen MR) is 78.7 cm³/mol. The second-order valence-electron chi connectivity index (χ2n) is 5.49. The van der Waals surface area contributed by atoms with Gasteiger partial charge in [-0.2, -0.15) is 0 Å². The van der Waals surface area contributed by atoms with Gasteiger partial charge in [0.25, 0.3) is 0 Å². The number of rotatable bonds is 5. The van der Waals surface area contributed by atoms with Crippen molar-refractivity contribution in [3.8, 4) is 0 Å². The molecule has 1 fully saturated rings. The third kappa shape index (κ3) is 4.15. The van der Waals surface area contributed by atoms with Gasteiger partial charge in [-0.1, -0.05) is 37.6 Å². The number of ketones is 1. The zero-order valence-electron chi connectivity index (χ0n) is 12.0. The molecular formula is C16H24N2O. The molecule has 1 aliphatic rings. The van der Waals surface area contributed by atoms with Crippen LogP contribution in [-0.4, -0.2) is 43.4 Å². The van der Waals surface area contributed by atoms with Crippen LogP contribution in [-0.2, 0) is 6.42 Å². The Kier molecular flexibility index (Phi) is 5.11. The largest absolute Gasteiger partial charge is 0.311 e. The van der Waals surface area contributed by atoms with Crippen LogP contribution in [0.15, 0.2) is 24.3 Å². The lowest BCUT2D eigenvalue weighted by atomic mass is 10.00. The number of piperazine rings is 1.